The Hall–Kier alpha value is -2.23. The van der Waals surface area contributed by atoms with Gasteiger partial charge in [-0.1, -0.05) is 25.1 Å². The summed E-state index contributed by atoms with van der Waals surface area (Å²) in [5.41, 5.74) is 8.73. The van der Waals surface area contributed by atoms with Crippen LogP contribution in [0.1, 0.15) is 26.3 Å². The fraction of sp³-hybridized carbons (Fsp3) is 0.312. The highest BCUT2D eigenvalue weighted by Gasteiger charge is 2.07. The number of aryl methyl sites for hydroxylation is 1. The number of nitrogen functional groups attached to an aromatic ring is 1. The molecule has 0 fully saturated rings. The zero-order valence-electron chi connectivity index (χ0n) is 12.2. The summed E-state index contributed by atoms with van der Waals surface area (Å²) in [6.07, 6.45) is 1.01. The molecule has 106 valence electrons. The summed E-state index contributed by atoms with van der Waals surface area (Å²) in [6.45, 7) is 6.03. The van der Waals surface area contributed by atoms with Crippen LogP contribution in [0.15, 0.2) is 36.4 Å². The van der Waals surface area contributed by atoms with E-state index in [1.165, 1.54) is 5.56 Å². The lowest BCUT2D eigenvalue weighted by molar-refractivity contribution is 0.234. The summed E-state index contributed by atoms with van der Waals surface area (Å²) >= 11 is 0. The van der Waals surface area contributed by atoms with Crippen LogP contribution in [-0.2, 0) is 6.42 Å². The van der Waals surface area contributed by atoms with E-state index in [0.717, 1.165) is 17.9 Å². The molecule has 0 radical (unpaired) electrons. The van der Waals surface area contributed by atoms with E-state index in [1.54, 1.807) is 0 Å². The summed E-state index contributed by atoms with van der Waals surface area (Å²) < 4.78 is 5.60. The molecule has 0 amide bonds. The topological polar surface area (TPSA) is 60.2 Å². The third-order valence-electron chi connectivity index (χ3n) is 2.90. The zero-order valence-corrected chi connectivity index (χ0v) is 12.2. The van der Waals surface area contributed by atoms with Gasteiger partial charge in [0.25, 0.3) is 0 Å². The van der Waals surface area contributed by atoms with Gasteiger partial charge < -0.3 is 15.8 Å². The molecule has 0 spiro atoms. The van der Waals surface area contributed by atoms with Crippen molar-refractivity contribution in [3.05, 3.63) is 42.0 Å². The van der Waals surface area contributed by atoms with Gasteiger partial charge in [-0.3, -0.25) is 0 Å². The highest BCUT2D eigenvalue weighted by molar-refractivity contribution is 5.63. The largest absolute Gasteiger partial charge is 0.473 e. The number of benzene rings is 1. The monoisotopic (exact) mass is 271 g/mol. The van der Waals surface area contributed by atoms with Crippen molar-refractivity contribution in [3.8, 4) is 5.88 Å². The summed E-state index contributed by atoms with van der Waals surface area (Å²) in [5, 5.41) is 3.32. The van der Waals surface area contributed by atoms with E-state index in [9.17, 15) is 0 Å². The van der Waals surface area contributed by atoms with E-state index in [2.05, 4.69) is 23.3 Å². The standard InChI is InChI=1S/C16H21N3O/c1-4-12-7-5-6-8-14(12)18-15-10-9-13(17)16(19-15)20-11(2)3/h5-11H,4,17H2,1-3H3,(H,18,19). The number of anilines is 3. The molecule has 0 aliphatic carbocycles. The lowest BCUT2D eigenvalue weighted by atomic mass is 10.1. The van der Waals surface area contributed by atoms with E-state index in [1.807, 2.05) is 44.2 Å². The number of hydrogen-bond acceptors (Lipinski definition) is 4. The molecular formula is C16H21N3O. The summed E-state index contributed by atoms with van der Waals surface area (Å²) in [7, 11) is 0. The first kappa shape index (κ1) is 14.2. The van der Waals surface area contributed by atoms with Gasteiger partial charge >= 0.3 is 0 Å². The van der Waals surface area contributed by atoms with E-state index in [-0.39, 0.29) is 6.10 Å². The maximum absolute atomic E-state index is 5.87. The number of para-hydroxylation sites is 1. The van der Waals surface area contributed by atoms with Crippen LogP contribution < -0.4 is 15.8 Å². The molecule has 0 atom stereocenters. The van der Waals surface area contributed by atoms with Gasteiger partial charge in [0.2, 0.25) is 5.88 Å². The van der Waals surface area contributed by atoms with Crippen molar-refractivity contribution in [1.82, 2.24) is 4.98 Å². The smallest absolute Gasteiger partial charge is 0.239 e. The fourth-order valence-electron chi connectivity index (χ4n) is 1.93. The molecular weight excluding hydrogens is 250 g/mol. The molecule has 0 aliphatic rings. The van der Waals surface area contributed by atoms with E-state index >= 15 is 0 Å². The normalized spacial score (nSPS) is 10.6. The predicted octanol–water partition coefficient (Wildman–Crippen LogP) is 3.76. The van der Waals surface area contributed by atoms with Crippen molar-refractivity contribution in [1.29, 1.82) is 0 Å². The maximum Gasteiger partial charge on any atom is 0.239 e. The lowest BCUT2D eigenvalue weighted by Crippen LogP contribution is -2.09. The lowest BCUT2D eigenvalue weighted by Gasteiger charge is -2.14. The van der Waals surface area contributed by atoms with Gasteiger partial charge in [-0.15, -0.1) is 0 Å². The van der Waals surface area contributed by atoms with Crippen LogP contribution in [0, 0.1) is 0 Å². The molecule has 4 nitrogen and oxygen atoms in total. The number of aromatic nitrogens is 1. The van der Waals surface area contributed by atoms with Gasteiger partial charge in [-0.25, -0.2) is 0 Å². The first-order valence-corrected chi connectivity index (χ1v) is 6.88. The van der Waals surface area contributed by atoms with Crippen LogP contribution in [0.4, 0.5) is 17.2 Å². The molecule has 4 heteroatoms. The van der Waals surface area contributed by atoms with Crippen LogP contribution >= 0.6 is 0 Å². The third-order valence-corrected chi connectivity index (χ3v) is 2.90. The van der Waals surface area contributed by atoms with Crippen molar-refractivity contribution in [2.24, 2.45) is 0 Å². The molecule has 0 unspecified atom stereocenters. The van der Waals surface area contributed by atoms with E-state index in [0.29, 0.717) is 11.6 Å². The number of hydrogen-bond donors (Lipinski definition) is 2. The van der Waals surface area contributed by atoms with Gasteiger partial charge in [0, 0.05) is 5.69 Å². The first-order chi connectivity index (χ1) is 9.60. The number of rotatable bonds is 5. The second-order valence-electron chi connectivity index (χ2n) is 4.89. The van der Waals surface area contributed by atoms with Gasteiger partial charge in [0.05, 0.1) is 11.8 Å². The number of nitrogens with two attached hydrogens (primary N) is 1. The molecule has 0 aliphatic heterocycles. The van der Waals surface area contributed by atoms with Crippen molar-refractivity contribution in [2.75, 3.05) is 11.1 Å². The molecule has 20 heavy (non-hydrogen) atoms. The van der Waals surface area contributed by atoms with Gasteiger partial charge in [-0.05, 0) is 44.0 Å². The molecule has 2 aromatic rings. The number of ether oxygens (including phenoxy) is 1. The van der Waals surface area contributed by atoms with Crippen molar-refractivity contribution in [2.45, 2.75) is 33.3 Å². The Bertz CT molecular complexity index is 582. The highest BCUT2D eigenvalue weighted by Crippen LogP contribution is 2.25. The summed E-state index contributed by atoms with van der Waals surface area (Å²) in [5.74, 6) is 1.20. The zero-order chi connectivity index (χ0) is 14.5. The minimum absolute atomic E-state index is 0.0444. The second kappa shape index (κ2) is 6.28. The Morgan fingerprint density at radius 1 is 1.20 bits per heavy atom. The summed E-state index contributed by atoms with van der Waals surface area (Å²) in [6, 6.07) is 11.8. The minimum Gasteiger partial charge on any atom is -0.473 e. The van der Waals surface area contributed by atoms with Crippen molar-refractivity contribution < 1.29 is 4.74 Å². The Labute approximate surface area is 120 Å². The predicted molar refractivity (Wildman–Crippen MR) is 83.5 cm³/mol. The van der Waals surface area contributed by atoms with Gasteiger partial charge in [0.15, 0.2) is 0 Å². The first-order valence-electron chi connectivity index (χ1n) is 6.88. The van der Waals surface area contributed by atoms with Crippen LogP contribution in [0.3, 0.4) is 0 Å². The molecule has 1 heterocycles. The van der Waals surface area contributed by atoms with Gasteiger partial charge in [-0.2, -0.15) is 4.98 Å². The van der Waals surface area contributed by atoms with Crippen LogP contribution in [0.5, 0.6) is 5.88 Å². The van der Waals surface area contributed by atoms with Gasteiger partial charge in [0.1, 0.15) is 5.82 Å². The van der Waals surface area contributed by atoms with Crippen molar-refractivity contribution >= 4 is 17.2 Å². The summed E-state index contributed by atoms with van der Waals surface area (Å²) in [4.78, 5) is 4.42. The average Bonchev–Trinajstić information content (AvgIpc) is 2.42. The van der Waals surface area contributed by atoms with Crippen LogP contribution in [0.2, 0.25) is 0 Å². The van der Waals surface area contributed by atoms with E-state index in [4.69, 9.17) is 10.5 Å². The quantitative estimate of drug-likeness (QED) is 0.869. The molecule has 1 aromatic heterocycles. The van der Waals surface area contributed by atoms with Crippen LogP contribution in [-0.4, -0.2) is 11.1 Å². The number of nitrogens with one attached hydrogen (secondary N) is 1. The average molecular weight is 271 g/mol. The van der Waals surface area contributed by atoms with Crippen molar-refractivity contribution in [3.63, 3.8) is 0 Å². The fourth-order valence-corrected chi connectivity index (χ4v) is 1.93. The molecule has 0 saturated heterocycles. The Morgan fingerprint density at radius 2 is 1.95 bits per heavy atom. The molecule has 2 rings (SSSR count). The Morgan fingerprint density at radius 3 is 2.65 bits per heavy atom. The maximum atomic E-state index is 5.87. The molecule has 0 saturated carbocycles. The number of pyridine rings is 1. The third kappa shape index (κ3) is 3.41. The molecule has 0 bridgehead atoms. The molecule has 1 aromatic carbocycles. The molecule has 3 N–H and O–H groups in total. The highest BCUT2D eigenvalue weighted by atomic mass is 16.5. The van der Waals surface area contributed by atoms with E-state index < -0.39 is 0 Å². The Kier molecular flexibility index (Phi) is 4.45. The SMILES string of the molecule is CCc1ccccc1Nc1ccc(N)c(OC(C)C)n1. The minimum atomic E-state index is 0.0444. The Balaban J connectivity index is 2.25. The second-order valence-corrected chi connectivity index (χ2v) is 4.89. The van der Waals surface area contributed by atoms with Crippen LogP contribution in [0.25, 0.3) is 0 Å². The number of nitrogens with zero attached hydrogens (tertiary/aromatic N) is 1.